The van der Waals surface area contributed by atoms with Gasteiger partial charge >= 0.3 is 0 Å². The summed E-state index contributed by atoms with van der Waals surface area (Å²) in [7, 11) is 0. The predicted molar refractivity (Wildman–Crippen MR) is 83.6 cm³/mol. The van der Waals surface area contributed by atoms with Crippen LogP contribution >= 0.6 is 0 Å². The molecular formula is C17H23N3O. The average Bonchev–Trinajstić information content (AvgIpc) is 3.21. The lowest BCUT2D eigenvalue weighted by molar-refractivity contribution is 0.103. The third kappa shape index (κ3) is 3.71. The molecule has 1 aliphatic rings. The van der Waals surface area contributed by atoms with Crippen molar-refractivity contribution in [1.29, 1.82) is 0 Å². The van der Waals surface area contributed by atoms with Crippen LogP contribution in [0.5, 0.6) is 0 Å². The second-order valence-corrected chi connectivity index (χ2v) is 5.66. The van der Waals surface area contributed by atoms with E-state index in [1.54, 1.807) is 6.20 Å². The van der Waals surface area contributed by atoms with Gasteiger partial charge in [0.2, 0.25) is 0 Å². The van der Waals surface area contributed by atoms with Crippen molar-refractivity contribution in [2.24, 2.45) is 0 Å². The van der Waals surface area contributed by atoms with Crippen molar-refractivity contribution in [1.82, 2.24) is 14.9 Å². The van der Waals surface area contributed by atoms with E-state index in [4.69, 9.17) is 4.74 Å². The molecule has 2 atom stereocenters. The highest BCUT2D eigenvalue weighted by Gasteiger charge is 2.15. The SMILES string of the molecule is CC(NCCC1CCCO1)c1ccc(-n2ccnc2)cc1. The molecule has 0 aliphatic carbocycles. The molecule has 1 aromatic heterocycles. The summed E-state index contributed by atoms with van der Waals surface area (Å²) in [6, 6.07) is 8.99. The quantitative estimate of drug-likeness (QED) is 0.886. The monoisotopic (exact) mass is 285 g/mol. The number of rotatable bonds is 6. The van der Waals surface area contributed by atoms with Crippen LogP contribution in [0.2, 0.25) is 0 Å². The third-order valence-electron chi connectivity index (χ3n) is 4.14. The Labute approximate surface area is 126 Å². The highest BCUT2D eigenvalue weighted by molar-refractivity contribution is 5.35. The van der Waals surface area contributed by atoms with Crippen LogP contribution in [0.3, 0.4) is 0 Å². The Hall–Kier alpha value is -1.65. The molecule has 0 radical (unpaired) electrons. The molecule has 1 fully saturated rings. The molecule has 2 heterocycles. The summed E-state index contributed by atoms with van der Waals surface area (Å²) < 4.78 is 7.66. The highest BCUT2D eigenvalue weighted by Crippen LogP contribution is 2.17. The molecule has 21 heavy (non-hydrogen) atoms. The van der Waals surface area contributed by atoms with E-state index < -0.39 is 0 Å². The number of imidazole rings is 1. The van der Waals surface area contributed by atoms with Crippen molar-refractivity contribution >= 4 is 0 Å². The Bertz CT molecular complexity index is 530. The van der Waals surface area contributed by atoms with Gasteiger partial charge in [-0.15, -0.1) is 0 Å². The molecule has 0 bridgehead atoms. The van der Waals surface area contributed by atoms with E-state index in [1.807, 2.05) is 17.1 Å². The van der Waals surface area contributed by atoms with Gasteiger partial charge in [0.25, 0.3) is 0 Å². The van der Waals surface area contributed by atoms with Crippen LogP contribution in [-0.4, -0.2) is 28.8 Å². The molecule has 1 saturated heterocycles. The van der Waals surface area contributed by atoms with Crippen molar-refractivity contribution in [2.45, 2.75) is 38.3 Å². The van der Waals surface area contributed by atoms with E-state index in [9.17, 15) is 0 Å². The van der Waals surface area contributed by atoms with Gasteiger partial charge in [-0.05, 0) is 50.4 Å². The normalized spacial score (nSPS) is 19.8. The summed E-state index contributed by atoms with van der Waals surface area (Å²) >= 11 is 0. The van der Waals surface area contributed by atoms with Crippen molar-refractivity contribution < 1.29 is 4.74 Å². The first kappa shape index (κ1) is 14.3. The summed E-state index contributed by atoms with van der Waals surface area (Å²) in [6.07, 6.45) is 9.58. The van der Waals surface area contributed by atoms with E-state index in [1.165, 1.54) is 18.4 Å². The van der Waals surface area contributed by atoms with Crippen molar-refractivity contribution in [3.05, 3.63) is 48.5 Å². The minimum atomic E-state index is 0.364. The molecule has 2 unspecified atom stereocenters. The zero-order valence-corrected chi connectivity index (χ0v) is 12.5. The van der Waals surface area contributed by atoms with Crippen LogP contribution in [0.4, 0.5) is 0 Å². The first-order valence-corrected chi connectivity index (χ1v) is 7.76. The fourth-order valence-electron chi connectivity index (χ4n) is 2.80. The molecule has 1 N–H and O–H groups in total. The number of benzene rings is 1. The van der Waals surface area contributed by atoms with Gasteiger partial charge in [-0.1, -0.05) is 12.1 Å². The third-order valence-corrected chi connectivity index (χ3v) is 4.14. The summed E-state index contributed by atoms with van der Waals surface area (Å²) in [6.45, 7) is 4.16. The number of ether oxygens (including phenoxy) is 1. The van der Waals surface area contributed by atoms with Gasteiger partial charge in [0.15, 0.2) is 0 Å². The second-order valence-electron chi connectivity index (χ2n) is 5.66. The van der Waals surface area contributed by atoms with E-state index in [-0.39, 0.29) is 0 Å². The summed E-state index contributed by atoms with van der Waals surface area (Å²) in [5.41, 5.74) is 2.45. The first-order chi connectivity index (χ1) is 10.3. The van der Waals surface area contributed by atoms with Crippen LogP contribution in [0.25, 0.3) is 5.69 Å². The number of aromatic nitrogens is 2. The van der Waals surface area contributed by atoms with E-state index in [0.29, 0.717) is 12.1 Å². The van der Waals surface area contributed by atoms with Crippen LogP contribution in [0.15, 0.2) is 43.0 Å². The van der Waals surface area contributed by atoms with E-state index in [0.717, 1.165) is 25.3 Å². The molecule has 4 heteroatoms. The lowest BCUT2D eigenvalue weighted by atomic mass is 10.1. The lowest BCUT2D eigenvalue weighted by Crippen LogP contribution is -2.23. The second kappa shape index (κ2) is 6.87. The Morgan fingerprint density at radius 1 is 1.38 bits per heavy atom. The smallest absolute Gasteiger partial charge is 0.0991 e. The molecular weight excluding hydrogens is 262 g/mol. The fourth-order valence-corrected chi connectivity index (χ4v) is 2.80. The first-order valence-electron chi connectivity index (χ1n) is 7.76. The molecule has 2 aromatic rings. The minimum absolute atomic E-state index is 0.364. The average molecular weight is 285 g/mol. The van der Waals surface area contributed by atoms with Gasteiger partial charge in [-0.3, -0.25) is 0 Å². The summed E-state index contributed by atoms with van der Waals surface area (Å²) in [5, 5.41) is 3.58. The zero-order chi connectivity index (χ0) is 14.5. The van der Waals surface area contributed by atoms with Crippen molar-refractivity contribution in [3.63, 3.8) is 0 Å². The van der Waals surface area contributed by atoms with E-state index in [2.05, 4.69) is 41.5 Å². The van der Waals surface area contributed by atoms with Crippen LogP contribution in [0, 0.1) is 0 Å². The lowest BCUT2D eigenvalue weighted by Gasteiger charge is -2.16. The minimum Gasteiger partial charge on any atom is -0.378 e. The van der Waals surface area contributed by atoms with E-state index >= 15 is 0 Å². The van der Waals surface area contributed by atoms with Crippen LogP contribution in [0.1, 0.15) is 37.8 Å². The topological polar surface area (TPSA) is 39.1 Å². The maximum absolute atomic E-state index is 5.65. The molecule has 0 amide bonds. The highest BCUT2D eigenvalue weighted by atomic mass is 16.5. The maximum Gasteiger partial charge on any atom is 0.0991 e. The molecule has 1 aliphatic heterocycles. The Morgan fingerprint density at radius 3 is 2.90 bits per heavy atom. The molecule has 4 nitrogen and oxygen atoms in total. The summed E-state index contributed by atoms with van der Waals surface area (Å²) in [4.78, 5) is 4.07. The molecule has 0 spiro atoms. The van der Waals surface area contributed by atoms with Crippen molar-refractivity contribution in [3.8, 4) is 5.69 Å². The Kier molecular flexibility index (Phi) is 4.68. The standard InChI is InChI=1S/C17H23N3O/c1-14(19-9-8-17-3-2-12-21-17)15-4-6-16(7-5-15)20-11-10-18-13-20/h4-7,10-11,13-14,17,19H,2-3,8-9,12H2,1H3. The predicted octanol–water partition coefficient (Wildman–Crippen LogP) is 3.09. The largest absolute Gasteiger partial charge is 0.378 e. The van der Waals surface area contributed by atoms with Crippen LogP contribution < -0.4 is 5.32 Å². The molecule has 112 valence electrons. The van der Waals surface area contributed by atoms with Gasteiger partial charge in [0.05, 0.1) is 12.4 Å². The Balaban J connectivity index is 1.51. The number of hydrogen-bond acceptors (Lipinski definition) is 3. The summed E-state index contributed by atoms with van der Waals surface area (Å²) in [5.74, 6) is 0. The zero-order valence-electron chi connectivity index (χ0n) is 12.5. The van der Waals surface area contributed by atoms with Gasteiger partial charge in [-0.25, -0.2) is 4.98 Å². The molecule has 3 rings (SSSR count). The molecule has 1 aromatic carbocycles. The Morgan fingerprint density at radius 2 is 2.24 bits per heavy atom. The number of hydrogen-bond donors (Lipinski definition) is 1. The number of nitrogens with zero attached hydrogens (tertiary/aromatic N) is 2. The molecule has 0 saturated carbocycles. The van der Waals surface area contributed by atoms with Gasteiger partial charge in [-0.2, -0.15) is 0 Å². The fraction of sp³-hybridized carbons (Fsp3) is 0.471. The maximum atomic E-state index is 5.65. The van der Waals surface area contributed by atoms with Gasteiger partial charge < -0.3 is 14.6 Å². The van der Waals surface area contributed by atoms with Gasteiger partial charge in [0.1, 0.15) is 0 Å². The number of nitrogens with one attached hydrogen (secondary N) is 1. The van der Waals surface area contributed by atoms with Gasteiger partial charge in [0, 0.05) is 30.7 Å². The van der Waals surface area contributed by atoms with Crippen LogP contribution in [-0.2, 0) is 4.74 Å². The van der Waals surface area contributed by atoms with Crippen molar-refractivity contribution in [2.75, 3.05) is 13.2 Å².